The van der Waals surface area contributed by atoms with Gasteiger partial charge in [0.2, 0.25) is 0 Å². The summed E-state index contributed by atoms with van der Waals surface area (Å²) in [5.41, 5.74) is 1.99. The summed E-state index contributed by atoms with van der Waals surface area (Å²) < 4.78 is 29.2. The van der Waals surface area contributed by atoms with E-state index >= 15 is 4.39 Å². The zero-order chi connectivity index (χ0) is 31.0. The van der Waals surface area contributed by atoms with Crippen molar-refractivity contribution in [2.24, 2.45) is 5.41 Å². The number of halogens is 1. The number of rotatable bonds is 7. The molecule has 4 aromatic rings. The summed E-state index contributed by atoms with van der Waals surface area (Å²) in [6.07, 6.45) is 12.7. The molecule has 1 aromatic heterocycles. The molecule has 0 amide bonds. The quantitative estimate of drug-likeness (QED) is 0.272. The fourth-order valence-corrected chi connectivity index (χ4v) is 8.12. The number of anilines is 1. The van der Waals surface area contributed by atoms with E-state index in [9.17, 15) is 5.11 Å². The average Bonchev–Trinajstić information content (AvgIpc) is 3.99. The van der Waals surface area contributed by atoms with Gasteiger partial charge in [-0.25, -0.2) is 4.39 Å². The predicted molar refractivity (Wildman–Crippen MR) is 176 cm³/mol. The molecule has 5 aliphatic rings. The molecular weight excluding hydrogens is 581 g/mol. The molecule has 2 bridgehead atoms. The first kappa shape index (κ1) is 28.3. The van der Waals surface area contributed by atoms with Crippen molar-refractivity contribution in [2.45, 2.75) is 56.1 Å². The van der Waals surface area contributed by atoms with Crippen molar-refractivity contribution in [3.63, 3.8) is 0 Å². The van der Waals surface area contributed by atoms with Crippen LogP contribution in [0.3, 0.4) is 0 Å². The molecule has 3 saturated heterocycles. The van der Waals surface area contributed by atoms with Crippen LogP contribution in [0.2, 0.25) is 0 Å². The Hall–Kier alpha value is -3.97. The number of phenolic OH excluding ortho intramolecular Hbond substituents is 1. The number of terminal acetylenes is 1. The van der Waals surface area contributed by atoms with Crippen molar-refractivity contribution in [1.29, 1.82) is 0 Å². The molecule has 3 aromatic carbocycles. The monoisotopic (exact) mass is 619 g/mol. The van der Waals surface area contributed by atoms with Crippen LogP contribution >= 0.6 is 0 Å². The number of phenols is 1. The van der Waals surface area contributed by atoms with Gasteiger partial charge in [0, 0.05) is 71.1 Å². The second-order valence-corrected chi connectivity index (χ2v) is 14.2. The van der Waals surface area contributed by atoms with Crippen molar-refractivity contribution < 1.29 is 19.0 Å². The van der Waals surface area contributed by atoms with Gasteiger partial charge in [0.15, 0.2) is 5.82 Å². The SMILES string of the molecule is C#Cc1cccc2cc(O)cc(-c3ccc4c(N5CC6CCC(C5)N6)nc(OCC5(CN6CCOCC67CC7)CC5)nc4c3F)c12. The Labute approximate surface area is 267 Å². The first-order valence-electron chi connectivity index (χ1n) is 16.6. The van der Waals surface area contributed by atoms with Crippen LogP contribution in [0.15, 0.2) is 42.5 Å². The second kappa shape index (κ2) is 10.5. The molecule has 2 saturated carbocycles. The van der Waals surface area contributed by atoms with Gasteiger partial charge in [-0.2, -0.15) is 9.97 Å². The van der Waals surface area contributed by atoms with E-state index in [0.717, 1.165) is 75.8 Å². The second-order valence-electron chi connectivity index (χ2n) is 14.2. The van der Waals surface area contributed by atoms with Crippen LogP contribution in [0.25, 0.3) is 32.8 Å². The van der Waals surface area contributed by atoms with E-state index in [1.165, 1.54) is 12.8 Å². The maximum Gasteiger partial charge on any atom is 0.319 e. The first-order chi connectivity index (χ1) is 22.4. The average molecular weight is 620 g/mol. The highest BCUT2D eigenvalue weighted by atomic mass is 19.1. The molecule has 2 N–H and O–H groups in total. The smallest absolute Gasteiger partial charge is 0.319 e. The maximum atomic E-state index is 16.9. The third-order valence-electron chi connectivity index (χ3n) is 11.1. The number of aromatic hydroxyl groups is 1. The number of hydrogen-bond acceptors (Lipinski definition) is 8. The highest BCUT2D eigenvalue weighted by Crippen LogP contribution is 2.51. The Kier molecular flexibility index (Phi) is 6.47. The lowest BCUT2D eigenvalue weighted by molar-refractivity contribution is -0.0326. The van der Waals surface area contributed by atoms with Crippen molar-refractivity contribution >= 4 is 27.5 Å². The molecule has 5 fully saturated rings. The third kappa shape index (κ3) is 4.77. The molecule has 236 valence electrons. The van der Waals surface area contributed by atoms with E-state index < -0.39 is 5.82 Å². The summed E-state index contributed by atoms with van der Waals surface area (Å²) >= 11 is 0. The number of hydrogen-bond donors (Lipinski definition) is 2. The van der Waals surface area contributed by atoms with E-state index in [-0.39, 0.29) is 28.2 Å². The highest BCUT2D eigenvalue weighted by molar-refractivity contribution is 6.04. The fourth-order valence-electron chi connectivity index (χ4n) is 8.12. The largest absolute Gasteiger partial charge is 0.508 e. The number of morpholine rings is 1. The molecule has 2 aliphatic carbocycles. The van der Waals surface area contributed by atoms with Crippen LogP contribution in [0.4, 0.5) is 10.2 Å². The van der Waals surface area contributed by atoms with Crippen LogP contribution in [-0.2, 0) is 4.74 Å². The van der Waals surface area contributed by atoms with Gasteiger partial charge in [0.05, 0.1) is 19.8 Å². The minimum absolute atomic E-state index is 0.0443. The summed E-state index contributed by atoms with van der Waals surface area (Å²) in [5, 5.41) is 16.4. The first-order valence-corrected chi connectivity index (χ1v) is 16.6. The molecule has 9 rings (SSSR count). The normalized spacial score (nSPS) is 24.4. The van der Waals surface area contributed by atoms with Crippen LogP contribution in [0, 0.1) is 23.6 Å². The van der Waals surface area contributed by atoms with Crippen LogP contribution in [0.1, 0.15) is 44.1 Å². The Morgan fingerprint density at radius 1 is 1.07 bits per heavy atom. The molecule has 0 radical (unpaired) electrons. The lowest BCUT2D eigenvalue weighted by Crippen LogP contribution is -2.51. The lowest BCUT2D eigenvalue weighted by atomic mass is 9.93. The lowest BCUT2D eigenvalue weighted by Gasteiger charge is -2.38. The number of aromatic nitrogens is 2. The zero-order valence-electron chi connectivity index (χ0n) is 25.9. The van der Waals surface area contributed by atoms with Crippen molar-refractivity contribution in [3.05, 3.63) is 53.8 Å². The van der Waals surface area contributed by atoms with Crippen LogP contribution < -0.4 is 15.0 Å². The van der Waals surface area contributed by atoms with Gasteiger partial charge in [-0.15, -0.1) is 6.42 Å². The molecule has 2 unspecified atom stereocenters. The van der Waals surface area contributed by atoms with Gasteiger partial charge >= 0.3 is 6.01 Å². The van der Waals surface area contributed by atoms with Crippen LogP contribution in [-0.4, -0.2) is 83.6 Å². The van der Waals surface area contributed by atoms with Gasteiger partial charge in [-0.1, -0.05) is 24.1 Å². The summed E-state index contributed by atoms with van der Waals surface area (Å²) in [5.74, 6) is 3.01. The third-order valence-corrected chi connectivity index (χ3v) is 11.1. The Morgan fingerprint density at radius 3 is 2.65 bits per heavy atom. The highest BCUT2D eigenvalue weighted by Gasteiger charge is 2.54. The summed E-state index contributed by atoms with van der Waals surface area (Å²) in [7, 11) is 0. The van der Waals surface area contributed by atoms with Crippen LogP contribution in [0.5, 0.6) is 11.8 Å². The van der Waals surface area contributed by atoms with Gasteiger partial charge in [0.1, 0.15) is 17.1 Å². The molecule has 9 heteroatoms. The Bertz CT molecular complexity index is 1900. The van der Waals surface area contributed by atoms with Gasteiger partial charge < -0.3 is 24.8 Å². The zero-order valence-corrected chi connectivity index (χ0v) is 25.9. The van der Waals surface area contributed by atoms with Gasteiger partial charge in [0.25, 0.3) is 0 Å². The summed E-state index contributed by atoms with van der Waals surface area (Å²) in [4.78, 5) is 14.6. The van der Waals surface area contributed by atoms with E-state index in [1.807, 2.05) is 24.3 Å². The Morgan fingerprint density at radius 2 is 1.89 bits per heavy atom. The summed E-state index contributed by atoms with van der Waals surface area (Å²) in [6, 6.07) is 13.4. The topological polar surface area (TPSA) is 83.0 Å². The fraction of sp³-hybridized carbons (Fsp3) is 0.459. The summed E-state index contributed by atoms with van der Waals surface area (Å²) in [6.45, 7) is 5.66. The predicted octanol–water partition coefficient (Wildman–Crippen LogP) is 5.24. The van der Waals surface area contributed by atoms with Gasteiger partial charge in [-0.05, 0) is 73.7 Å². The molecular formula is C37H38FN5O3. The van der Waals surface area contributed by atoms with E-state index in [0.29, 0.717) is 46.6 Å². The molecule has 4 heterocycles. The van der Waals surface area contributed by atoms with Crippen molar-refractivity contribution in [2.75, 3.05) is 50.9 Å². The Balaban J connectivity index is 1.11. The van der Waals surface area contributed by atoms with Crippen molar-refractivity contribution in [3.8, 4) is 35.2 Å². The van der Waals surface area contributed by atoms with Gasteiger partial charge in [-0.3, -0.25) is 4.90 Å². The number of nitrogens with one attached hydrogen (secondary N) is 1. The number of ether oxygens (including phenoxy) is 2. The molecule has 2 atom stereocenters. The minimum atomic E-state index is -0.479. The molecule has 1 spiro atoms. The van der Waals surface area contributed by atoms with E-state index in [4.69, 9.17) is 25.9 Å². The standard InChI is InChI=1S/C37H38FN5O3/c1-2-23-4-3-5-24-16-27(44)17-30(31(23)24)28-8-9-29-33(32(28)38)40-35(41-34(29)42-18-25-6-7-26(19-42)39-25)46-21-36(10-11-36)20-43-14-15-45-22-37(43)12-13-37/h1,3-5,8-9,16-17,25-26,39,44H,6-7,10-15,18-22H2. The minimum Gasteiger partial charge on any atom is -0.508 e. The molecule has 8 nitrogen and oxygen atoms in total. The number of fused-ring (bicyclic) bond motifs is 4. The maximum absolute atomic E-state index is 16.9. The van der Waals surface area contributed by atoms with E-state index in [1.54, 1.807) is 18.2 Å². The number of piperazine rings is 1. The van der Waals surface area contributed by atoms with E-state index in [2.05, 4.69) is 21.0 Å². The molecule has 46 heavy (non-hydrogen) atoms. The molecule has 3 aliphatic heterocycles. The number of nitrogens with zero attached hydrogens (tertiary/aromatic N) is 4. The van der Waals surface area contributed by atoms with Crippen molar-refractivity contribution in [1.82, 2.24) is 20.2 Å². The number of benzene rings is 3.